The van der Waals surface area contributed by atoms with Gasteiger partial charge in [0.05, 0.1) is 0 Å². The Kier molecular flexibility index (Phi) is 6.09. The molecule has 18 heavy (non-hydrogen) atoms. The Morgan fingerprint density at radius 2 is 2.00 bits per heavy atom. The molecular weight excluding hydrogens is 238 g/mol. The molecule has 1 aromatic rings. The molecule has 1 saturated heterocycles. The van der Waals surface area contributed by atoms with Gasteiger partial charge >= 0.3 is 0 Å². The van der Waals surface area contributed by atoms with E-state index in [2.05, 4.69) is 53.9 Å². The van der Waals surface area contributed by atoms with Crippen LogP contribution >= 0.6 is 11.8 Å². The Morgan fingerprint density at radius 1 is 1.17 bits per heavy atom. The predicted octanol–water partition coefficient (Wildman–Crippen LogP) is 3.84. The zero-order valence-electron chi connectivity index (χ0n) is 11.5. The van der Waals surface area contributed by atoms with Gasteiger partial charge in [0.15, 0.2) is 0 Å². The molecule has 0 bridgehead atoms. The SMILES string of the molecule is CCCC(Cc1ccccc1)N1CCCSCC1. The first kappa shape index (κ1) is 14.0. The van der Waals surface area contributed by atoms with Crippen molar-refractivity contribution in [2.24, 2.45) is 0 Å². The summed E-state index contributed by atoms with van der Waals surface area (Å²) in [6.45, 7) is 4.89. The third kappa shape index (κ3) is 4.33. The quantitative estimate of drug-likeness (QED) is 0.794. The lowest BCUT2D eigenvalue weighted by Gasteiger charge is -2.30. The number of hydrogen-bond acceptors (Lipinski definition) is 2. The van der Waals surface area contributed by atoms with E-state index in [9.17, 15) is 0 Å². The molecule has 0 spiro atoms. The smallest absolute Gasteiger partial charge is 0.0136 e. The Bertz CT molecular complexity index is 317. The summed E-state index contributed by atoms with van der Waals surface area (Å²) in [7, 11) is 0. The molecule has 0 aliphatic carbocycles. The maximum atomic E-state index is 2.73. The molecule has 1 fully saturated rings. The van der Waals surface area contributed by atoms with Gasteiger partial charge in [0.2, 0.25) is 0 Å². The maximum Gasteiger partial charge on any atom is 0.0136 e. The second-order valence-corrected chi connectivity index (χ2v) is 6.36. The van der Waals surface area contributed by atoms with Gasteiger partial charge in [-0.15, -0.1) is 0 Å². The molecule has 1 aliphatic rings. The summed E-state index contributed by atoms with van der Waals surface area (Å²) < 4.78 is 0. The average Bonchev–Trinajstić information content (AvgIpc) is 2.68. The van der Waals surface area contributed by atoms with Gasteiger partial charge < -0.3 is 0 Å². The van der Waals surface area contributed by atoms with Crippen LogP contribution in [-0.4, -0.2) is 35.5 Å². The average molecular weight is 263 g/mol. The summed E-state index contributed by atoms with van der Waals surface area (Å²) >= 11 is 2.12. The number of thioether (sulfide) groups is 1. The van der Waals surface area contributed by atoms with Gasteiger partial charge in [-0.25, -0.2) is 0 Å². The summed E-state index contributed by atoms with van der Waals surface area (Å²) in [4.78, 5) is 2.73. The molecule has 0 N–H and O–H groups in total. The Labute approximate surface area is 116 Å². The molecule has 0 radical (unpaired) electrons. The monoisotopic (exact) mass is 263 g/mol. The Morgan fingerprint density at radius 3 is 2.78 bits per heavy atom. The molecular formula is C16H25NS. The van der Waals surface area contributed by atoms with Gasteiger partial charge in [-0.3, -0.25) is 4.90 Å². The molecule has 1 atom stereocenters. The van der Waals surface area contributed by atoms with E-state index in [0.29, 0.717) is 0 Å². The van der Waals surface area contributed by atoms with Crippen molar-refractivity contribution >= 4 is 11.8 Å². The minimum atomic E-state index is 0.746. The van der Waals surface area contributed by atoms with Crippen LogP contribution in [-0.2, 0) is 6.42 Å². The molecule has 100 valence electrons. The highest BCUT2D eigenvalue weighted by Gasteiger charge is 2.19. The molecule has 1 unspecified atom stereocenters. The van der Waals surface area contributed by atoms with E-state index in [0.717, 1.165) is 6.04 Å². The Balaban J connectivity index is 1.97. The van der Waals surface area contributed by atoms with Crippen LogP contribution in [0.15, 0.2) is 30.3 Å². The van der Waals surface area contributed by atoms with E-state index in [1.165, 1.54) is 55.8 Å². The lowest BCUT2D eigenvalue weighted by atomic mass is 10.0. The third-order valence-electron chi connectivity index (χ3n) is 3.71. The van der Waals surface area contributed by atoms with Crippen molar-refractivity contribution in [1.82, 2.24) is 4.90 Å². The molecule has 1 aromatic carbocycles. The minimum absolute atomic E-state index is 0.746. The first-order valence-electron chi connectivity index (χ1n) is 7.26. The van der Waals surface area contributed by atoms with Crippen LogP contribution in [0, 0.1) is 0 Å². The molecule has 0 aromatic heterocycles. The van der Waals surface area contributed by atoms with Gasteiger partial charge in [0.25, 0.3) is 0 Å². The normalized spacial score (nSPS) is 19.4. The second-order valence-electron chi connectivity index (χ2n) is 5.13. The fourth-order valence-electron chi connectivity index (χ4n) is 2.76. The summed E-state index contributed by atoms with van der Waals surface area (Å²) in [5, 5.41) is 0. The molecule has 2 heteroatoms. The van der Waals surface area contributed by atoms with Crippen LogP contribution in [0.25, 0.3) is 0 Å². The second kappa shape index (κ2) is 7.85. The number of benzene rings is 1. The highest BCUT2D eigenvalue weighted by molar-refractivity contribution is 7.99. The summed E-state index contributed by atoms with van der Waals surface area (Å²) in [6, 6.07) is 11.7. The lowest BCUT2D eigenvalue weighted by molar-refractivity contribution is 0.198. The van der Waals surface area contributed by atoms with E-state index < -0.39 is 0 Å². The van der Waals surface area contributed by atoms with E-state index in [4.69, 9.17) is 0 Å². The van der Waals surface area contributed by atoms with Gasteiger partial charge in [0.1, 0.15) is 0 Å². The van der Waals surface area contributed by atoms with E-state index in [1.54, 1.807) is 0 Å². The molecule has 1 heterocycles. The van der Waals surface area contributed by atoms with Crippen molar-refractivity contribution < 1.29 is 0 Å². The van der Waals surface area contributed by atoms with Crippen LogP contribution in [0.2, 0.25) is 0 Å². The fraction of sp³-hybridized carbons (Fsp3) is 0.625. The van der Waals surface area contributed by atoms with E-state index in [1.807, 2.05) is 0 Å². The molecule has 0 saturated carbocycles. The fourth-order valence-corrected chi connectivity index (χ4v) is 3.66. The van der Waals surface area contributed by atoms with E-state index >= 15 is 0 Å². The first-order chi connectivity index (χ1) is 8.90. The Hall–Kier alpha value is -0.470. The number of hydrogen-bond donors (Lipinski definition) is 0. The van der Waals surface area contributed by atoms with Crippen LogP contribution in [0.5, 0.6) is 0 Å². The molecule has 2 rings (SSSR count). The van der Waals surface area contributed by atoms with Gasteiger partial charge in [-0.2, -0.15) is 11.8 Å². The minimum Gasteiger partial charge on any atom is -0.299 e. The maximum absolute atomic E-state index is 2.73. The van der Waals surface area contributed by atoms with Crippen LogP contribution in [0.4, 0.5) is 0 Å². The van der Waals surface area contributed by atoms with Crippen molar-refractivity contribution in [2.75, 3.05) is 24.6 Å². The lowest BCUT2D eigenvalue weighted by Crippen LogP contribution is -2.38. The summed E-state index contributed by atoms with van der Waals surface area (Å²) in [6.07, 6.45) is 5.21. The van der Waals surface area contributed by atoms with Crippen molar-refractivity contribution in [3.05, 3.63) is 35.9 Å². The third-order valence-corrected chi connectivity index (χ3v) is 4.76. The molecule has 0 amide bonds. The highest BCUT2D eigenvalue weighted by atomic mass is 32.2. The summed E-state index contributed by atoms with van der Waals surface area (Å²) in [5.74, 6) is 2.66. The van der Waals surface area contributed by atoms with Crippen LogP contribution in [0.3, 0.4) is 0 Å². The van der Waals surface area contributed by atoms with Gasteiger partial charge in [-0.1, -0.05) is 43.7 Å². The van der Waals surface area contributed by atoms with Gasteiger partial charge in [-0.05, 0) is 37.1 Å². The largest absolute Gasteiger partial charge is 0.299 e. The number of nitrogens with zero attached hydrogens (tertiary/aromatic N) is 1. The van der Waals surface area contributed by atoms with Crippen LogP contribution < -0.4 is 0 Å². The highest BCUT2D eigenvalue weighted by Crippen LogP contribution is 2.18. The van der Waals surface area contributed by atoms with Crippen LogP contribution in [0.1, 0.15) is 31.7 Å². The molecule has 1 aliphatic heterocycles. The van der Waals surface area contributed by atoms with Crippen molar-refractivity contribution in [1.29, 1.82) is 0 Å². The van der Waals surface area contributed by atoms with E-state index in [-0.39, 0.29) is 0 Å². The molecule has 1 nitrogen and oxygen atoms in total. The zero-order valence-corrected chi connectivity index (χ0v) is 12.3. The standard InChI is InChI=1S/C16H25NS/c1-2-7-16(14-15-8-4-3-5-9-15)17-10-6-12-18-13-11-17/h3-5,8-9,16H,2,6-7,10-14H2,1H3. The van der Waals surface area contributed by atoms with Crippen molar-refractivity contribution in [3.8, 4) is 0 Å². The van der Waals surface area contributed by atoms with Gasteiger partial charge in [0, 0.05) is 18.3 Å². The number of rotatable bonds is 5. The topological polar surface area (TPSA) is 3.24 Å². The predicted molar refractivity (Wildman–Crippen MR) is 82.4 cm³/mol. The van der Waals surface area contributed by atoms with Crippen molar-refractivity contribution in [3.63, 3.8) is 0 Å². The first-order valence-corrected chi connectivity index (χ1v) is 8.41. The zero-order chi connectivity index (χ0) is 12.6. The summed E-state index contributed by atoms with van der Waals surface area (Å²) in [5.41, 5.74) is 1.49. The van der Waals surface area contributed by atoms with Crippen molar-refractivity contribution in [2.45, 2.75) is 38.6 Å².